The second kappa shape index (κ2) is 9.12. The summed E-state index contributed by atoms with van der Waals surface area (Å²) in [6, 6.07) is 14.8. The highest BCUT2D eigenvalue weighted by Crippen LogP contribution is 2.26. The molecule has 1 aliphatic heterocycles. The van der Waals surface area contributed by atoms with Gasteiger partial charge in [-0.1, -0.05) is 43.7 Å². The summed E-state index contributed by atoms with van der Waals surface area (Å²) in [7, 11) is 0. The third kappa shape index (κ3) is 4.48. The van der Waals surface area contributed by atoms with Crippen molar-refractivity contribution in [2.24, 2.45) is 0 Å². The number of nitrogens with zero attached hydrogens (tertiary/aromatic N) is 6. The molecule has 1 atom stereocenters. The van der Waals surface area contributed by atoms with Crippen molar-refractivity contribution in [3.63, 3.8) is 0 Å². The first-order valence-corrected chi connectivity index (χ1v) is 10.1. The minimum atomic E-state index is 0.244. The number of hydrogen-bond acceptors (Lipinski definition) is 6. The Kier molecular flexibility index (Phi) is 6.14. The smallest absolute Gasteiger partial charge is 0.168 e. The van der Waals surface area contributed by atoms with Crippen LogP contribution in [-0.2, 0) is 13.1 Å². The van der Waals surface area contributed by atoms with E-state index in [0.29, 0.717) is 6.54 Å². The Labute approximate surface area is 165 Å². The number of benzene rings is 1. The van der Waals surface area contributed by atoms with E-state index in [0.717, 1.165) is 57.2 Å². The maximum absolute atomic E-state index is 5.48. The van der Waals surface area contributed by atoms with Gasteiger partial charge in [0, 0.05) is 32.7 Å². The molecule has 3 aromatic rings. The lowest BCUT2D eigenvalue weighted by Crippen LogP contribution is -2.47. The highest BCUT2D eigenvalue weighted by molar-refractivity contribution is 5.14. The number of hydrogen-bond donors (Lipinski definition) is 0. The van der Waals surface area contributed by atoms with Crippen LogP contribution in [0.25, 0.3) is 0 Å². The van der Waals surface area contributed by atoms with Crippen LogP contribution >= 0.6 is 0 Å². The summed E-state index contributed by atoms with van der Waals surface area (Å²) in [6.45, 7) is 8.01. The van der Waals surface area contributed by atoms with Gasteiger partial charge in [-0.05, 0) is 34.5 Å². The summed E-state index contributed by atoms with van der Waals surface area (Å²) >= 11 is 0. The van der Waals surface area contributed by atoms with Crippen molar-refractivity contribution in [3.05, 3.63) is 65.9 Å². The predicted molar refractivity (Wildman–Crippen MR) is 107 cm³/mol. The zero-order chi connectivity index (χ0) is 19.2. The molecular weight excluding hydrogens is 352 g/mol. The minimum absolute atomic E-state index is 0.244. The third-order valence-electron chi connectivity index (χ3n) is 5.40. The summed E-state index contributed by atoms with van der Waals surface area (Å²) in [5.41, 5.74) is 1.38. The molecule has 0 saturated carbocycles. The van der Waals surface area contributed by atoms with E-state index in [1.165, 1.54) is 5.56 Å². The van der Waals surface area contributed by atoms with Crippen molar-refractivity contribution in [2.75, 3.05) is 26.2 Å². The van der Waals surface area contributed by atoms with Gasteiger partial charge >= 0.3 is 0 Å². The zero-order valence-corrected chi connectivity index (χ0v) is 16.4. The Bertz CT molecular complexity index is 824. The molecule has 4 rings (SSSR count). The first-order valence-electron chi connectivity index (χ1n) is 10.1. The van der Waals surface area contributed by atoms with E-state index in [-0.39, 0.29) is 6.04 Å². The summed E-state index contributed by atoms with van der Waals surface area (Å²) < 4.78 is 7.37. The lowest BCUT2D eigenvalue weighted by Gasteiger charge is -2.38. The maximum atomic E-state index is 5.48. The quantitative estimate of drug-likeness (QED) is 0.599. The first-order chi connectivity index (χ1) is 13.8. The van der Waals surface area contributed by atoms with Gasteiger partial charge in [-0.25, -0.2) is 4.68 Å². The van der Waals surface area contributed by atoms with E-state index < -0.39 is 0 Å². The van der Waals surface area contributed by atoms with Gasteiger partial charge in [0.2, 0.25) is 0 Å². The summed E-state index contributed by atoms with van der Waals surface area (Å²) in [5.74, 6) is 1.81. The highest BCUT2D eigenvalue weighted by Gasteiger charge is 2.28. The van der Waals surface area contributed by atoms with Crippen molar-refractivity contribution in [3.8, 4) is 0 Å². The molecule has 0 aliphatic carbocycles. The average Bonchev–Trinajstić information content (AvgIpc) is 3.40. The molecule has 0 spiro atoms. The van der Waals surface area contributed by atoms with Gasteiger partial charge in [-0.2, -0.15) is 0 Å². The Morgan fingerprint density at radius 2 is 1.82 bits per heavy atom. The fraction of sp³-hybridized carbons (Fsp3) is 0.476. The molecule has 1 aromatic carbocycles. The Morgan fingerprint density at radius 3 is 2.54 bits per heavy atom. The van der Waals surface area contributed by atoms with Crippen LogP contribution in [0.1, 0.15) is 43.0 Å². The van der Waals surface area contributed by atoms with Crippen LogP contribution in [0.4, 0.5) is 0 Å². The molecule has 0 radical (unpaired) electrons. The van der Waals surface area contributed by atoms with Crippen molar-refractivity contribution in [1.29, 1.82) is 0 Å². The topological polar surface area (TPSA) is 63.2 Å². The molecule has 0 unspecified atom stereocenters. The van der Waals surface area contributed by atoms with Crippen LogP contribution in [0.15, 0.2) is 53.1 Å². The van der Waals surface area contributed by atoms with Crippen LogP contribution in [-0.4, -0.2) is 56.2 Å². The SMILES string of the molecule is CCC[C@H](c1nnnn1Cc1ccco1)N1CCN(Cc2ccccc2)CC1. The average molecular weight is 380 g/mol. The van der Waals surface area contributed by atoms with Crippen LogP contribution in [0.3, 0.4) is 0 Å². The first kappa shape index (κ1) is 18.8. The Balaban J connectivity index is 1.41. The fourth-order valence-corrected chi connectivity index (χ4v) is 3.94. The molecule has 7 nitrogen and oxygen atoms in total. The molecule has 1 aliphatic rings. The van der Waals surface area contributed by atoms with Gasteiger partial charge in [0.1, 0.15) is 12.3 Å². The molecule has 0 amide bonds. The standard InChI is InChI=1S/C21H28N6O/c1-2-7-20(21-22-23-24-27(21)17-19-10-6-15-28-19)26-13-11-25(12-14-26)16-18-8-4-3-5-9-18/h3-6,8-10,15,20H,2,7,11-14,16-17H2,1H3/t20-/m1/s1. The van der Waals surface area contributed by atoms with Crippen molar-refractivity contribution >= 4 is 0 Å². The van der Waals surface area contributed by atoms with E-state index in [9.17, 15) is 0 Å². The lowest BCUT2D eigenvalue weighted by molar-refractivity contribution is 0.0819. The molecule has 0 N–H and O–H groups in total. The van der Waals surface area contributed by atoms with Crippen LogP contribution in [0, 0.1) is 0 Å². The molecule has 7 heteroatoms. The van der Waals surface area contributed by atoms with Crippen molar-refractivity contribution in [1.82, 2.24) is 30.0 Å². The lowest BCUT2D eigenvalue weighted by atomic mass is 10.1. The maximum Gasteiger partial charge on any atom is 0.168 e. The number of aromatic nitrogens is 4. The Morgan fingerprint density at radius 1 is 1.00 bits per heavy atom. The van der Waals surface area contributed by atoms with E-state index in [1.807, 2.05) is 16.8 Å². The van der Waals surface area contributed by atoms with E-state index >= 15 is 0 Å². The Hall–Kier alpha value is -2.51. The van der Waals surface area contributed by atoms with Gasteiger partial charge in [-0.15, -0.1) is 5.10 Å². The number of piperazine rings is 1. The summed E-state index contributed by atoms with van der Waals surface area (Å²) in [4.78, 5) is 5.07. The molecule has 148 valence electrons. The molecule has 28 heavy (non-hydrogen) atoms. The van der Waals surface area contributed by atoms with E-state index in [4.69, 9.17) is 4.42 Å². The van der Waals surface area contributed by atoms with Gasteiger partial charge < -0.3 is 4.42 Å². The van der Waals surface area contributed by atoms with Gasteiger partial charge in [-0.3, -0.25) is 9.80 Å². The molecular formula is C21H28N6O. The molecule has 3 heterocycles. The normalized spacial score (nSPS) is 17.0. The summed E-state index contributed by atoms with van der Waals surface area (Å²) in [6.07, 6.45) is 3.84. The third-order valence-corrected chi connectivity index (χ3v) is 5.40. The minimum Gasteiger partial charge on any atom is -0.467 e. The number of tetrazole rings is 1. The molecule has 2 aromatic heterocycles. The molecule has 1 fully saturated rings. The summed E-state index contributed by atoms with van der Waals surface area (Å²) in [5, 5.41) is 12.6. The van der Waals surface area contributed by atoms with Gasteiger partial charge in [0.25, 0.3) is 0 Å². The zero-order valence-electron chi connectivity index (χ0n) is 16.4. The van der Waals surface area contributed by atoms with Crippen LogP contribution in [0.2, 0.25) is 0 Å². The largest absolute Gasteiger partial charge is 0.467 e. The number of rotatable bonds is 8. The monoisotopic (exact) mass is 380 g/mol. The second-order valence-corrected chi connectivity index (χ2v) is 7.38. The van der Waals surface area contributed by atoms with Gasteiger partial charge in [0.15, 0.2) is 5.82 Å². The number of furan rings is 1. The van der Waals surface area contributed by atoms with E-state index in [1.54, 1.807) is 6.26 Å². The predicted octanol–water partition coefficient (Wildman–Crippen LogP) is 2.97. The second-order valence-electron chi connectivity index (χ2n) is 7.38. The van der Waals surface area contributed by atoms with Crippen LogP contribution in [0.5, 0.6) is 0 Å². The van der Waals surface area contributed by atoms with Gasteiger partial charge in [0.05, 0.1) is 12.3 Å². The molecule has 0 bridgehead atoms. The molecule has 1 saturated heterocycles. The van der Waals surface area contributed by atoms with Crippen molar-refractivity contribution < 1.29 is 4.42 Å². The van der Waals surface area contributed by atoms with Crippen molar-refractivity contribution in [2.45, 2.75) is 38.9 Å². The fourth-order valence-electron chi connectivity index (χ4n) is 3.94. The highest BCUT2D eigenvalue weighted by atomic mass is 16.3. The van der Waals surface area contributed by atoms with Crippen LogP contribution < -0.4 is 0 Å². The van der Waals surface area contributed by atoms with E-state index in [2.05, 4.69) is 62.6 Å².